The topological polar surface area (TPSA) is 29.9 Å². The van der Waals surface area contributed by atoms with Crippen LogP contribution in [0.4, 0.5) is 0 Å². The Hall–Kier alpha value is -0.540. The maximum Gasteiger partial charge on any atom is 0.0847 e. The minimum absolute atomic E-state index is 0.256. The van der Waals surface area contributed by atoms with Crippen molar-refractivity contribution in [3.63, 3.8) is 0 Å². The number of aromatic nitrogens is 2. The van der Waals surface area contributed by atoms with Gasteiger partial charge in [-0.1, -0.05) is 25.4 Å². The number of nitrogens with one attached hydrogen (secondary N) is 1. The van der Waals surface area contributed by atoms with Gasteiger partial charge in [0.25, 0.3) is 0 Å². The van der Waals surface area contributed by atoms with Crippen LogP contribution >= 0.6 is 11.6 Å². The molecule has 102 valence electrons. The molecule has 0 spiro atoms. The highest BCUT2D eigenvalue weighted by Crippen LogP contribution is 2.31. The number of hydrogen-bond donors (Lipinski definition) is 1. The van der Waals surface area contributed by atoms with Crippen LogP contribution in [0.25, 0.3) is 0 Å². The predicted octanol–water partition coefficient (Wildman–Crippen LogP) is 3.09. The van der Waals surface area contributed by atoms with E-state index in [4.69, 9.17) is 11.6 Å². The molecule has 18 heavy (non-hydrogen) atoms. The SMILES string of the molecule is CCC(C)(CNC1CC1)Cc1c(Cl)c(C)nn1C. The normalized spacial score (nSPS) is 18.9. The van der Waals surface area contributed by atoms with Crippen molar-refractivity contribution in [1.82, 2.24) is 15.1 Å². The second-order valence-corrected chi connectivity index (χ2v) is 6.34. The minimum atomic E-state index is 0.256. The molecule has 0 aliphatic heterocycles. The molecular weight excluding hydrogens is 246 g/mol. The molecule has 1 aliphatic carbocycles. The first kappa shape index (κ1) is 13.9. The molecule has 1 saturated carbocycles. The number of hydrogen-bond acceptors (Lipinski definition) is 2. The van der Waals surface area contributed by atoms with Crippen molar-refractivity contribution in [3.8, 4) is 0 Å². The highest BCUT2D eigenvalue weighted by atomic mass is 35.5. The molecule has 0 bridgehead atoms. The molecule has 0 amide bonds. The molecule has 3 nitrogen and oxygen atoms in total. The molecule has 4 heteroatoms. The Morgan fingerprint density at radius 1 is 1.50 bits per heavy atom. The summed E-state index contributed by atoms with van der Waals surface area (Å²) in [7, 11) is 1.98. The summed E-state index contributed by atoms with van der Waals surface area (Å²) in [6.45, 7) is 7.62. The van der Waals surface area contributed by atoms with Crippen LogP contribution < -0.4 is 5.32 Å². The van der Waals surface area contributed by atoms with Crippen molar-refractivity contribution in [2.45, 2.75) is 52.5 Å². The number of rotatable bonds is 6. The lowest BCUT2D eigenvalue weighted by Crippen LogP contribution is -2.35. The van der Waals surface area contributed by atoms with Crippen LogP contribution in [-0.4, -0.2) is 22.4 Å². The molecule has 1 aliphatic rings. The van der Waals surface area contributed by atoms with Crippen LogP contribution in [0, 0.1) is 12.3 Å². The van der Waals surface area contributed by atoms with Crippen LogP contribution in [0.5, 0.6) is 0 Å². The largest absolute Gasteiger partial charge is 0.313 e. The van der Waals surface area contributed by atoms with Gasteiger partial charge in [-0.3, -0.25) is 4.68 Å². The molecular formula is C14H24ClN3. The van der Waals surface area contributed by atoms with E-state index in [2.05, 4.69) is 24.3 Å². The van der Waals surface area contributed by atoms with E-state index in [9.17, 15) is 0 Å². The fourth-order valence-corrected chi connectivity index (χ4v) is 2.49. The van der Waals surface area contributed by atoms with Gasteiger partial charge in [-0.2, -0.15) is 5.10 Å². The average molecular weight is 270 g/mol. The van der Waals surface area contributed by atoms with E-state index in [1.807, 2.05) is 18.7 Å². The van der Waals surface area contributed by atoms with E-state index < -0.39 is 0 Å². The molecule has 1 heterocycles. The molecule has 0 aromatic carbocycles. The Bertz CT molecular complexity index is 423. The first-order valence-corrected chi connectivity index (χ1v) is 7.24. The second-order valence-electron chi connectivity index (χ2n) is 5.97. The lowest BCUT2D eigenvalue weighted by Gasteiger charge is -2.29. The van der Waals surface area contributed by atoms with E-state index in [0.29, 0.717) is 0 Å². The quantitative estimate of drug-likeness (QED) is 0.860. The van der Waals surface area contributed by atoms with E-state index in [1.165, 1.54) is 12.8 Å². The maximum absolute atomic E-state index is 6.35. The molecule has 1 aromatic heterocycles. The van der Waals surface area contributed by atoms with Gasteiger partial charge < -0.3 is 5.32 Å². The van der Waals surface area contributed by atoms with Crippen LogP contribution in [0.3, 0.4) is 0 Å². The Balaban J connectivity index is 2.07. The first-order valence-electron chi connectivity index (χ1n) is 6.86. The van der Waals surface area contributed by atoms with E-state index in [-0.39, 0.29) is 5.41 Å². The van der Waals surface area contributed by atoms with Gasteiger partial charge in [-0.05, 0) is 38.0 Å². The Kier molecular flexibility index (Phi) is 4.02. The summed E-state index contributed by atoms with van der Waals surface area (Å²) in [5.41, 5.74) is 2.35. The summed E-state index contributed by atoms with van der Waals surface area (Å²) >= 11 is 6.35. The third-order valence-electron chi connectivity index (χ3n) is 4.10. The average Bonchev–Trinajstić information content (AvgIpc) is 3.13. The zero-order chi connectivity index (χ0) is 13.3. The minimum Gasteiger partial charge on any atom is -0.313 e. The zero-order valence-corrected chi connectivity index (χ0v) is 12.6. The smallest absolute Gasteiger partial charge is 0.0847 e. The summed E-state index contributed by atoms with van der Waals surface area (Å²) in [6, 6.07) is 0.764. The molecule has 1 unspecified atom stereocenters. The molecule has 0 saturated heterocycles. The van der Waals surface area contributed by atoms with Crippen molar-refractivity contribution < 1.29 is 0 Å². The maximum atomic E-state index is 6.35. The highest BCUT2D eigenvalue weighted by Gasteiger charge is 2.29. The zero-order valence-electron chi connectivity index (χ0n) is 11.9. The van der Waals surface area contributed by atoms with Crippen LogP contribution in [0.15, 0.2) is 0 Å². The number of nitrogens with zero attached hydrogens (tertiary/aromatic N) is 2. The Morgan fingerprint density at radius 2 is 2.17 bits per heavy atom. The molecule has 1 fully saturated rings. The van der Waals surface area contributed by atoms with Crippen molar-refractivity contribution in [3.05, 3.63) is 16.4 Å². The third-order valence-corrected chi connectivity index (χ3v) is 4.60. The first-order chi connectivity index (χ1) is 8.45. The summed E-state index contributed by atoms with van der Waals surface area (Å²) in [5.74, 6) is 0. The monoisotopic (exact) mass is 269 g/mol. The van der Waals surface area contributed by atoms with Crippen LogP contribution in [0.1, 0.15) is 44.5 Å². The van der Waals surface area contributed by atoms with Crippen molar-refractivity contribution >= 4 is 11.6 Å². The molecule has 1 N–H and O–H groups in total. The lowest BCUT2D eigenvalue weighted by molar-refractivity contribution is 0.283. The summed E-state index contributed by atoms with van der Waals surface area (Å²) in [5, 5.41) is 8.88. The van der Waals surface area contributed by atoms with Crippen molar-refractivity contribution in [1.29, 1.82) is 0 Å². The van der Waals surface area contributed by atoms with Crippen LogP contribution in [0.2, 0.25) is 5.02 Å². The molecule has 2 rings (SSSR count). The van der Waals surface area contributed by atoms with Gasteiger partial charge in [0.05, 0.1) is 16.4 Å². The highest BCUT2D eigenvalue weighted by molar-refractivity contribution is 6.31. The standard InChI is InChI=1S/C14H24ClN3/c1-5-14(3,9-16-11-6-7-11)8-12-13(15)10(2)17-18(12)4/h11,16H,5-9H2,1-4H3. The van der Waals surface area contributed by atoms with Gasteiger partial charge in [0.15, 0.2) is 0 Å². The third kappa shape index (κ3) is 3.07. The van der Waals surface area contributed by atoms with Crippen molar-refractivity contribution in [2.24, 2.45) is 12.5 Å². The van der Waals surface area contributed by atoms with Crippen LogP contribution in [-0.2, 0) is 13.5 Å². The van der Waals surface area contributed by atoms with Gasteiger partial charge >= 0.3 is 0 Å². The number of halogens is 1. The van der Waals surface area contributed by atoms with Gasteiger partial charge in [-0.25, -0.2) is 0 Å². The molecule has 1 aromatic rings. The van der Waals surface area contributed by atoms with E-state index in [1.54, 1.807) is 0 Å². The van der Waals surface area contributed by atoms with Gasteiger partial charge in [-0.15, -0.1) is 0 Å². The van der Waals surface area contributed by atoms with Crippen molar-refractivity contribution in [2.75, 3.05) is 6.54 Å². The fourth-order valence-electron chi connectivity index (χ4n) is 2.27. The molecule has 0 radical (unpaired) electrons. The second kappa shape index (κ2) is 5.22. The fraction of sp³-hybridized carbons (Fsp3) is 0.786. The summed E-state index contributed by atoms with van der Waals surface area (Å²) < 4.78 is 1.93. The van der Waals surface area contributed by atoms with E-state index in [0.717, 1.165) is 41.8 Å². The van der Waals surface area contributed by atoms with Gasteiger partial charge in [0.1, 0.15) is 0 Å². The predicted molar refractivity (Wildman–Crippen MR) is 76.1 cm³/mol. The number of aryl methyl sites for hydroxylation is 2. The summed E-state index contributed by atoms with van der Waals surface area (Å²) in [4.78, 5) is 0. The van der Waals surface area contributed by atoms with Gasteiger partial charge in [0.2, 0.25) is 0 Å². The Labute approximate surface area is 115 Å². The van der Waals surface area contributed by atoms with E-state index >= 15 is 0 Å². The summed E-state index contributed by atoms with van der Waals surface area (Å²) in [6.07, 6.45) is 4.81. The molecule has 1 atom stereocenters. The Morgan fingerprint density at radius 3 is 2.61 bits per heavy atom. The van der Waals surface area contributed by atoms with Gasteiger partial charge in [0, 0.05) is 19.6 Å². The lowest BCUT2D eigenvalue weighted by atomic mass is 9.82.